The van der Waals surface area contributed by atoms with Gasteiger partial charge in [0.1, 0.15) is 0 Å². The van der Waals surface area contributed by atoms with Crippen LogP contribution < -0.4 is 5.73 Å². The summed E-state index contributed by atoms with van der Waals surface area (Å²) >= 11 is 0. The van der Waals surface area contributed by atoms with E-state index in [1.54, 1.807) is 12.1 Å². The van der Waals surface area contributed by atoms with Crippen molar-refractivity contribution in [2.24, 2.45) is 11.7 Å². The molecule has 1 amide bonds. The Morgan fingerprint density at radius 3 is 2.48 bits per heavy atom. The zero-order chi connectivity index (χ0) is 15.6. The lowest BCUT2D eigenvalue weighted by atomic mass is 9.92. The van der Waals surface area contributed by atoms with Crippen LogP contribution in [-0.4, -0.2) is 44.6 Å². The van der Waals surface area contributed by atoms with Crippen molar-refractivity contribution in [2.75, 3.05) is 19.3 Å². The highest BCUT2D eigenvalue weighted by Crippen LogP contribution is 2.24. The third-order valence-corrected chi connectivity index (χ3v) is 5.17. The monoisotopic (exact) mass is 310 g/mol. The van der Waals surface area contributed by atoms with Crippen molar-refractivity contribution in [2.45, 2.75) is 30.7 Å². The molecule has 0 bridgehead atoms. The Balaban J connectivity index is 2.19. The van der Waals surface area contributed by atoms with Crippen molar-refractivity contribution in [3.63, 3.8) is 0 Å². The molecule has 6 heteroatoms. The molecule has 5 nitrogen and oxygen atoms in total. The number of carbonyl (C=O) groups is 1. The topological polar surface area (TPSA) is 80.5 Å². The lowest BCUT2D eigenvalue weighted by Crippen LogP contribution is -2.49. The average molecular weight is 310 g/mol. The molecule has 116 valence electrons. The number of likely N-dealkylation sites (tertiary alicyclic amines) is 1. The van der Waals surface area contributed by atoms with Crippen LogP contribution in [0, 0.1) is 5.92 Å². The summed E-state index contributed by atoms with van der Waals surface area (Å²) in [6.45, 7) is 3.33. The number of piperidine rings is 1. The van der Waals surface area contributed by atoms with Gasteiger partial charge in [0.05, 0.1) is 4.90 Å². The van der Waals surface area contributed by atoms with Gasteiger partial charge in [0, 0.05) is 31.0 Å². The van der Waals surface area contributed by atoms with Crippen LogP contribution in [0.3, 0.4) is 0 Å². The highest BCUT2D eigenvalue weighted by atomic mass is 32.2. The largest absolute Gasteiger partial charge is 0.334 e. The average Bonchev–Trinajstić information content (AvgIpc) is 2.45. The number of carbonyl (C=O) groups excluding carboxylic acids is 1. The molecule has 0 aliphatic carbocycles. The molecular formula is C15H22N2O3S. The number of nitrogens with two attached hydrogens (primary N) is 1. The lowest BCUT2D eigenvalue weighted by molar-refractivity contribution is 0.0573. The number of sulfone groups is 1. The van der Waals surface area contributed by atoms with Crippen LogP contribution in [0.2, 0.25) is 0 Å². The Labute approximate surface area is 126 Å². The number of benzene rings is 1. The standard InChI is InChI=1S/C15H22N2O3S/c1-11-7-8-17(13(9-11)10-16)15(18)12-3-5-14(6-4-12)21(2,19)20/h3-6,11,13H,7-10,16H2,1-2H3. The number of hydrogen-bond donors (Lipinski definition) is 1. The maximum atomic E-state index is 12.6. The first-order chi connectivity index (χ1) is 9.82. The van der Waals surface area contributed by atoms with E-state index in [0.717, 1.165) is 19.1 Å². The smallest absolute Gasteiger partial charge is 0.254 e. The van der Waals surface area contributed by atoms with E-state index in [0.29, 0.717) is 24.6 Å². The highest BCUT2D eigenvalue weighted by molar-refractivity contribution is 7.90. The second-order valence-corrected chi connectivity index (χ2v) is 7.83. The van der Waals surface area contributed by atoms with Gasteiger partial charge in [-0.05, 0) is 43.0 Å². The number of hydrogen-bond acceptors (Lipinski definition) is 4. The molecule has 0 spiro atoms. The van der Waals surface area contributed by atoms with Gasteiger partial charge in [0.15, 0.2) is 9.84 Å². The molecule has 2 unspecified atom stereocenters. The second kappa shape index (κ2) is 6.15. The minimum absolute atomic E-state index is 0.0656. The van der Waals surface area contributed by atoms with Crippen LogP contribution in [-0.2, 0) is 9.84 Å². The molecule has 21 heavy (non-hydrogen) atoms. The van der Waals surface area contributed by atoms with Crippen molar-refractivity contribution in [1.82, 2.24) is 4.90 Å². The zero-order valence-corrected chi connectivity index (χ0v) is 13.3. The van der Waals surface area contributed by atoms with Crippen molar-refractivity contribution in [3.8, 4) is 0 Å². The van der Waals surface area contributed by atoms with Crippen molar-refractivity contribution in [3.05, 3.63) is 29.8 Å². The molecule has 2 atom stereocenters. The SMILES string of the molecule is CC1CCN(C(=O)c2ccc(S(C)(=O)=O)cc2)C(CN)C1. The van der Waals surface area contributed by atoms with Gasteiger partial charge < -0.3 is 10.6 Å². The summed E-state index contributed by atoms with van der Waals surface area (Å²) in [6, 6.07) is 6.17. The molecule has 0 saturated carbocycles. The summed E-state index contributed by atoms with van der Waals surface area (Å²) in [6.07, 6.45) is 3.05. The Kier molecular flexibility index (Phi) is 4.68. The van der Waals surface area contributed by atoms with E-state index in [1.165, 1.54) is 12.1 Å². The zero-order valence-electron chi connectivity index (χ0n) is 12.5. The minimum Gasteiger partial charge on any atom is -0.334 e. The number of rotatable bonds is 3. The predicted octanol–water partition coefficient (Wildman–Crippen LogP) is 1.29. The van der Waals surface area contributed by atoms with E-state index in [-0.39, 0.29) is 16.8 Å². The van der Waals surface area contributed by atoms with Gasteiger partial charge in [-0.25, -0.2) is 8.42 Å². The van der Waals surface area contributed by atoms with Gasteiger partial charge in [-0.3, -0.25) is 4.79 Å². The van der Waals surface area contributed by atoms with Crippen LogP contribution in [0.25, 0.3) is 0 Å². The van der Waals surface area contributed by atoms with Crippen LogP contribution >= 0.6 is 0 Å². The molecule has 1 heterocycles. The van der Waals surface area contributed by atoms with E-state index in [9.17, 15) is 13.2 Å². The third kappa shape index (κ3) is 3.63. The second-order valence-electron chi connectivity index (χ2n) is 5.81. The summed E-state index contributed by atoms with van der Waals surface area (Å²) in [5.74, 6) is 0.507. The van der Waals surface area contributed by atoms with Gasteiger partial charge in [0.2, 0.25) is 0 Å². The quantitative estimate of drug-likeness (QED) is 0.912. The number of nitrogens with zero attached hydrogens (tertiary/aromatic N) is 1. The molecule has 1 fully saturated rings. The van der Waals surface area contributed by atoms with E-state index < -0.39 is 9.84 Å². The molecule has 1 aliphatic rings. The molecule has 1 saturated heterocycles. The molecule has 1 aromatic rings. The molecule has 1 aromatic carbocycles. The molecule has 2 N–H and O–H groups in total. The summed E-state index contributed by atoms with van der Waals surface area (Å²) in [4.78, 5) is 14.6. The minimum atomic E-state index is -3.24. The Bertz CT molecular complexity index is 610. The highest BCUT2D eigenvalue weighted by Gasteiger charge is 2.29. The van der Waals surface area contributed by atoms with Crippen molar-refractivity contribution in [1.29, 1.82) is 0 Å². The fourth-order valence-electron chi connectivity index (χ4n) is 2.75. The van der Waals surface area contributed by atoms with Gasteiger partial charge in [-0.2, -0.15) is 0 Å². The first-order valence-electron chi connectivity index (χ1n) is 7.14. The normalized spacial score (nSPS) is 23.1. The Morgan fingerprint density at radius 2 is 1.95 bits per heavy atom. The maximum Gasteiger partial charge on any atom is 0.254 e. The predicted molar refractivity (Wildman–Crippen MR) is 81.8 cm³/mol. The summed E-state index contributed by atoms with van der Waals surface area (Å²) in [5, 5.41) is 0. The third-order valence-electron chi connectivity index (χ3n) is 4.04. The van der Waals surface area contributed by atoms with Gasteiger partial charge in [0.25, 0.3) is 5.91 Å². The van der Waals surface area contributed by atoms with Gasteiger partial charge in [-0.1, -0.05) is 6.92 Å². The molecule has 0 aromatic heterocycles. The molecular weight excluding hydrogens is 288 g/mol. The van der Waals surface area contributed by atoms with E-state index in [1.807, 2.05) is 4.90 Å². The molecule has 1 aliphatic heterocycles. The van der Waals surface area contributed by atoms with Crippen LogP contribution in [0.15, 0.2) is 29.2 Å². The van der Waals surface area contributed by atoms with E-state index in [4.69, 9.17) is 5.73 Å². The first-order valence-corrected chi connectivity index (χ1v) is 9.03. The van der Waals surface area contributed by atoms with Gasteiger partial charge in [-0.15, -0.1) is 0 Å². The van der Waals surface area contributed by atoms with Crippen molar-refractivity contribution >= 4 is 15.7 Å². The fraction of sp³-hybridized carbons (Fsp3) is 0.533. The molecule has 0 radical (unpaired) electrons. The summed E-state index contributed by atoms with van der Waals surface area (Å²) in [5.41, 5.74) is 6.29. The van der Waals surface area contributed by atoms with Crippen LogP contribution in [0.5, 0.6) is 0 Å². The maximum absolute atomic E-state index is 12.6. The van der Waals surface area contributed by atoms with Crippen LogP contribution in [0.1, 0.15) is 30.1 Å². The lowest BCUT2D eigenvalue weighted by Gasteiger charge is -2.38. The molecule has 2 rings (SSSR count). The summed E-state index contributed by atoms with van der Waals surface area (Å²) in [7, 11) is -3.24. The Morgan fingerprint density at radius 1 is 1.33 bits per heavy atom. The van der Waals surface area contributed by atoms with Gasteiger partial charge >= 0.3 is 0 Å². The number of amides is 1. The fourth-order valence-corrected chi connectivity index (χ4v) is 3.38. The first kappa shape index (κ1) is 16.0. The van der Waals surface area contributed by atoms with Crippen LogP contribution in [0.4, 0.5) is 0 Å². The Hall–Kier alpha value is -1.40. The van der Waals surface area contributed by atoms with E-state index in [2.05, 4.69) is 6.92 Å². The van der Waals surface area contributed by atoms with Crippen molar-refractivity contribution < 1.29 is 13.2 Å². The van der Waals surface area contributed by atoms with E-state index >= 15 is 0 Å². The summed E-state index contributed by atoms with van der Waals surface area (Å²) < 4.78 is 22.9.